The van der Waals surface area contributed by atoms with Gasteiger partial charge in [0.05, 0.1) is 21.8 Å². The normalized spacial score (nSPS) is 14.4. The highest BCUT2D eigenvalue weighted by Gasteiger charge is 2.32. The number of nitriles is 1. The Morgan fingerprint density at radius 3 is 2.03 bits per heavy atom. The van der Waals surface area contributed by atoms with Crippen molar-refractivity contribution in [3.05, 3.63) is 83.9 Å². The summed E-state index contributed by atoms with van der Waals surface area (Å²) in [6, 6.07) is 23.7. The Hall–Kier alpha value is -3.63. The number of aryl methyl sites for hydroxylation is 1. The molecule has 1 heterocycles. The Balaban J connectivity index is 1.37. The van der Waals surface area contributed by atoms with Crippen LogP contribution in [0.25, 0.3) is 11.1 Å². The SMILES string of the molecule is CCc1ccc(NC(=O)N2CCC(S(=O)(=O)c3ccc(-c4ccc(C#N)cc4)cc3)CC2)cc1. The Morgan fingerprint density at radius 1 is 0.941 bits per heavy atom. The number of benzene rings is 3. The zero-order chi connectivity index (χ0) is 24.1. The summed E-state index contributed by atoms with van der Waals surface area (Å²) in [5, 5.41) is 11.3. The Bertz CT molecular complexity index is 1290. The van der Waals surface area contributed by atoms with Crippen LogP contribution in [0.2, 0.25) is 0 Å². The molecule has 6 nitrogen and oxygen atoms in total. The molecule has 174 valence electrons. The molecule has 0 saturated carbocycles. The third kappa shape index (κ3) is 5.13. The minimum Gasteiger partial charge on any atom is -0.324 e. The average Bonchev–Trinajstić information content (AvgIpc) is 2.89. The molecular formula is C27H27N3O3S. The second kappa shape index (κ2) is 10.1. The van der Waals surface area contributed by atoms with E-state index in [0.717, 1.165) is 23.2 Å². The molecule has 3 aromatic rings. The average molecular weight is 474 g/mol. The fourth-order valence-corrected chi connectivity index (χ4v) is 5.89. The molecule has 34 heavy (non-hydrogen) atoms. The molecule has 0 atom stereocenters. The number of sulfone groups is 1. The van der Waals surface area contributed by atoms with Gasteiger partial charge in [0.15, 0.2) is 9.84 Å². The van der Waals surface area contributed by atoms with Gasteiger partial charge in [-0.15, -0.1) is 0 Å². The Labute approximate surface area is 200 Å². The van der Waals surface area contributed by atoms with Crippen LogP contribution in [0.15, 0.2) is 77.7 Å². The van der Waals surface area contributed by atoms with E-state index in [9.17, 15) is 13.2 Å². The van der Waals surface area contributed by atoms with Crippen LogP contribution in [-0.4, -0.2) is 37.7 Å². The van der Waals surface area contributed by atoms with E-state index in [1.54, 1.807) is 41.3 Å². The summed E-state index contributed by atoms with van der Waals surface area (Å²) < 4.78 is 26.4. The molecule has 4 rings (SSSR count). The van der Waals surface area contributed by atoms with Crippen molar-refractivity contribution in [2.24, 2.45) is 0 Å². The number of carbonyl (C=O) groups excluding carboxylic acids is 1. The largest absolute Gasteiger partial charge is 0.324 e. The maximum absolute atomic E-state index is 13.2. The first-order chi connectivity index (χ1) is 16.4. The maximum Gasteiger partial charge on any atom is 0.321 e. The van der Waals surface area contributed by atoms with Crippen LogP contribution >= 0.6 is 0 Å². The standard InChI is InChI=1S/C27H27N3O3S/c1-2-20-5-11-24(12-6-20)29-27(31)30-17-15-26(16-18-30)34(32,33)25-13-9-23(10-14-25)22-7-3-21(19-28)4-8-22/h3-14,26H,2,15-18H2,1H3,(H,29,31). The molecule has 7 heteroatoms. The van der Waals surface area contributed by atoms with Crippen molar-refractivity contribution >= 4 is 21.6 Å². The second-order valence-electron chi connectivity index (χ2n) is 8.43. The Kier molecular flexibility index (Phi) is 6.99. The van der Waals surface area contributed by atoms with Crippen LogP contribution in [0.5, 0.6) is 0 Å². The van der Waals surface area contributed by atoms with Crippen LogP contribution in [-0.2, 0) is 16.3 Å². The lowest BCUT2D eigenvalue weighted by Gasteiger charge is -2.31. The highest BCUT2D eigenvalue weighted by Crippen LogP contribution is 2.27. The monoisotopic (exact) mass is 473 g/mol. The van der Waals surface area contributed by atoms with E-state index in [1.165, 1.54) is 5.56 Å². The highest BCUT2D eigenvalue weighted by atomic mass is 32.2. The topological polar surface area (TPSA) is 90.3 Å². The maximum atomic E-state index is 13.2. The van der Waals surface area contributed by atoms with Gasteiger partial charge in [-0.25, -0.2) is 13.2 Å². The predicted molar refractivity (Wildman–Crippen MR) is 133 cm³/mol. The number of likely N-dealkylation sites (tertiary alicyclic amines) is 1. The number of urea groups is 1. The van der Waals surface area contributed by atoms with E-state index >= 15 is 0 Å². The number of carbonyl (C=O) groups is 1. The van der Waals surface area contributed by atoms with Gasteiger partial charge in [0.25, 0.3) is 0 Å². The molecule has 0 aliphatic carbocycles. The van der Waals surface area contributed by atoms with Gasteiger partial charge < -0.3 is 10.2 Å². The summed E-state index contributed by atoms with van der Waals surface area (Å²) >= 11 is 0. The molecular weight excluding hydrogens is 446 g/mol. The summed E-state index contributed by atoms with van der Waals surface area (Å²) in [6.45, 7) is 2.87. The molecule has 0 bridgehead atoms. The number of piperidine rings is 1. The van der Waals surface area contributed by atoms with Gasteiger partial charge in [0.2, 0.25) is 0 Å². The van der Waals surface area contributed by atoms with E-state index in [2.05, 4.69) is 18.3 Å². The van der Waals surface area contributed by atoms with Crippen LogP contribution < -0.4 is 5.32 Å². The highest BCUT2D eigenvalue weighted by molar-refractivity contribution is 7.92. The third-order valence-electron chi connectivity index (χ3n) is 6.31. The molecule has 1 aliphatic heterocycles. The summed E-state index contributed by atoms with van der Waals surface area (Å²) in [5.74, 6) is 0. The first kappa shape index (κ1) is 23.5. The minimum atomic E-state index is -3.49. The minimum absolute atomic E-state index is 0.202. The lowest BCUT2D eigenvalue weighted by molar-refractivity contribution is 0.200. The van der Waals surface area contributed by atoms with Gasteiger partial charge in [-0.2, -0.15) is 5.26 Å². The predicted octanol–water partition coefficient (Wildman–Crippen LogP) is 5.26. The van der Waals surface area contributed by atoms with Crippen LogP contribution in [0.4, 0.5) is 10.5 Å². The molecule has 1 saturated heterocycles. The van der Waals surface area contributed by atoms with E-state index in [1.807, 2.05) is 36.4 Å². The molecule has 0 spiro atoms. The molecule has 1 aliphatic rings. The van der Waals surface area contributed by atoms with Crippen molar-refractivity contribution in [3.63, 3.8) is 0 Å². The summed E-state index contributed by atoms with van der Waals surface area (Å²) in [5.41, 5.74) is 4.33. The molecule has 1 fully saturated rings. The van der Waals surface area contributed by atoms with Gasteiger partial charge in [-0.1, -0.05) is 43.3 Å². The molecule has 1 N–H and O–H groups in total. The van der Waals surface area contributed by atoms with Crippen molar-refractivity contribution < 1.29 is 13.2 Å². The first-order valence-corrected chi connectivity index (χ1v) is 12.9. The fraction of sp³-hybridized carbons (Fsp3) is 0.259. The second-order valence-corrected chi connectivity index (χ2v) is 10.7. The Morgan fingerprint density at radius 2 is 1.50 bits per heavy atom. The van der Waals surface area contributed by atoms with Gasteiger partial charge in [0, 0.05) is 18.8 Å². The fourth-order valence-electron chi connectivity index (χ4n) is 4.16. The summed E-state index contributed by atoms with van der Waals surface area (Å²) in [6.07, 6.45) is 1.75. The van der Waals surface area contributed by atoms with E-state index in [4.69, 9.17) is 5.26 Å². The quantitative estimate of drug-likeness (QED) is 0.547. The molecule has 0 unspecified atom stereocenters. The summed E-state index contributed by atoms with van der Waals surface area (Å²) in [7, 11) is -3.49. The lowest BCUT2D eigenvalue weighted by Crippen LogP contribution is -2.44. The molecule has 0 radical (unpaired) electrons. The first-order valence-electron chi connectivity index (χ1n) is 11.4. The number of nitrogens with one attached hydrogen (secondary N) is 1. The van der Waals surface area contributed by atoms with E-state index < -0.39 is 15.1 Å². The number of hydrogen-bond donors (Lipinski definition) is 1. The molecule has 3 aromatic carbocycles. The van der Waals surface area contributed by atoms with Crippen molar-refractivity contribution in [2.45, 2.75) is 36.3 Å². The number of rotatable bonds is 5. The zero-order valence-electron chi connectivity index (χ0n) is 19.1. The van der Waals surface area contributed by atoms with Crippen LogP contribution in [0, 0.1) is 11.3 Å². The third-order valence-corrected chi connectivity index (χ3v) is 8.59. The van der Waals surface area contributed by atoms with E-state index in [0.29, 0.717) is 36.4 Å². The van der Waals surface area contributed by atoms with Crippen molar-refractivity contribution in [1.29, 1.82) is 5.26 Å². The van der Waals surface area contributed by atoms with Crippen molar-refractivity contribution in [2.75, 3.05) is 18.4 Å². The molecule has 2 amide bonds. The smallest absolute Gasteiger partial charge is 0.321 e. The van der Waals surface area contributed by atoms with Gasteiger partial charge >= 0.3 is 6.03 Å². The van der Waals surface area contributed by atoms with Gasteiger partial charge in [-0.05, 0) is 72.4 Å². The van der Waals surface area contributed by atoms with Crippen molar-refractivity contribution in [3.8, 4) is 17.2 Å². The van der Waals surface area contributed by atoms with Gasteiger partial charge in [-0.3, -0.25) is 0 Å². The van der Waals surface area contributed by atoms with E-state index in [-0.39, 0.29) is 6.03 Å². The number of anilines is 1. The number of amides is 2. The van der Waals surface area contributed by atoms with Gasteiger partial charge in [0.1, 0.15) is 0 Å². The summed E-state index contributed by atoms with van der Waals surface area (Å²) in [4.78, 5) is 14.6. The molecule has 0 aromatic heterocycles. The van der Waals surface area contributed by atoms with Crippen molar-refractivity contribution in [1.82, 2.24) is 4.90 Å². The number of hydrogen-bond acceptors (Lipinski definition) is 4. The number of nitrogens with zero attached hydrogens (tertiary/aromatic N) is 2. The zero-order valence-corrected chi connectivity index (χ0v) is 19.9. The van der Waals surface area contributed by atoms with Crippen LogP contribution in [0.3, 0.4) is 0 Å². The lowest BCUT2D eigenvalue weighted by atomic mass is 10.0. The van der Waals surface area contributed by atoms with Crippen LogP contribution in [0.1, 0.15) is 30.9 Å².